The minimum absolute atomic E-state index is 0.0764. The van der Waals surface area contributed by atoms with E-state index < -0.39 is 11.4 Å². The van der Waals surface area contributed by atoms with Crippen molar-refractivity contribution in [2.24, 2.45) is 0 Å². The number of rotatable bonds is 6. The van der Waals surface area contributed by atoms with Crippen molar-refractivity contribution >= 4 is 5.97 Å². The number of likely N-dealkylation sites (tertiary alicyclic amines) is 1. The molecule has 1 aliphatic rings. The van der Waals surface area contributed by atoms with Gasteiger partial charge in [0.25, 0.3) is 0 Å². The van der Waals surface area contributed by atoms with Crippen molar-refractivity contribution in [1.29, 1.82) is 0 Å². The van der Waals surface area contributed by atoms with E-state index in [0.29, 0.717) is 11.5 Å². The third-order valence-electron chi connectivity index (χ3n) is 4.50. The largest absolute Gasteiger partial charge is 0.493 e. The maximum absolute atomic E-state index is 11.1. The summed E-state index contributed by atoms with van der Waals surface area (Å²) in [6.07, 6.45) is 2.23. The van der Waals surface area contributed by atoms with Crippen LogP contribution in [0.4, 0.5) is 0 Å². The van der Waals surface area contributed by atoms with Gasteiger partial charge in [0.15, 0.2) is 11.5 Å². The Morgan fingerprint density at radius 3 is 2.52 bits per heavy atom. The molecule has 5 heteroatoms. The van der Waals surface area contributed by atoms with Crippen molar-refractivity contribution in [2.75, 3.05) is 27.2 Å². The highest BCUT2D eigenvalue weighted by Crippen LogP contribution is 2.36. The molecule has 1 aromatic rings. The topological polar surface area (TPSA) is 59.0 Å². The minimum atomic E-state index is -0.802. The number of aliphatic carboxylic acids is 1. The van der Waals surface area contributed by atoms with Crippen LogP contribution in [0.25, 0.3) is 0 Å². The molecular formula is C18H27NO4. The van der Waals surface area contributed by atoms with Gasteiger partial charge in [0, 0.05) is 18.5 Å². The molecule has 1 N–H and O–H groups in total. The fraction of sp³-hybridized carbons (Fsp3) is 0.611. The first-order chi connectivity index (χ1) is 10.8. The van der Waals surface area contributed by atoms with Crippen molar-refractivity contribution in [3.8, 4) is 11.5 Å². The van der Waals surface area contributed by atoms with E-state index in [0.717, 1.165) is 31.5 Å². The molecule has 0 radical (unpaired) electrons. The van der Waals surface area contributed by atoms with Crippen LogP contribution in [-0.4, -0.2) is 49.3 Å². The van der Waals surface area contributed by atoms with Crippen LogP contribution in [0, 0.1) is 0 Å². The molecule has 1 aromatic carbocycles. The molecule has 1 heterocycles. The van der Waals surface area contributed by atoms with Crippen LogP contribution >= 0.6 is 0 Å². The second kappa shape index (κ2) is 7.21. The summed E-state index contributed by atoms with van der Waals surface area (Å²) in [5.41, 5.74) is 0.492. The van der Waals surface area contributed by atoms with Gasteiger partial charge in [0.2, 0.25) is 0 Å². The van der Waals surface area contributed by atoms with Crippen LogP contribution < -0.4 is 9.47 Å². The van der Waals surface area contributed by atoms with Gasteiger partial charge in [-0.05, 0) is 37.6 Å². The van der Waals surface area contributed by atoms with Crippen molar-refractivity contribution in [2.45, 2.75) is 44.6 Å². The lowest BCUT2D eigenvalue weighted by atomic mass is 9.81. The van der Waals surface area contributed by atoms with E-state index >= 15 is 0 Å². The number of hydrogen-bond acceptors (Lipinski definition) is 4. The van der Waals surface area contributed by atoms with Crippen LogP contribution in [0.5, 0.6) is 11.5 Å². The summed E-state index contributed by atoms with van der Waals surface area (Å²) < 4.78 is 11.6. The molecule has 5 nitrogen and oxygen atoms in total. The normalized spacial score (nSPS) is 17.0. The first-order valence-corrected chi connectivity index (χ1v) is 8.07. The summed E-state index contributed by atoms with van der Waals surface area (Å²) in [6.45, 7) is 5.92. The second-order valence-electron chi connectivity index (χ2n) is 6.94. The fourth-order valence-electron chi connectivity index (χ4n) is 2.95. The molecule has 0 saturated carbocycles. The Labute approximate surface area is 138 Å². The van der Waals surface area contributed by atoms with Gasteiger partial charge in [0.05, 0.1) is 13.5 Å². The lowest BCUT2D eigenvalue weighted by Crippen LogP contribution is -2.35. The minimum Gasteiger partial charge on any atom is -0.493 e. The van der Waals surface area contributed by atoms with E-state index in [9.17, 15) is 4.79 Å². The van der Waals surface area contributed by atoms with Crippen molar-refractivity contribution in [3.63, 3.8) is 0 Å². The molecule has 0 unspecified atom stereocenters. The Kier molecular flexibility index (Phi) is 5.52. The smallest absolute Gasteiger partial charge is 0.304 e. The van der Waals surface area contributed by atoms with Crippen molar-refractivity contribution < 1.29 is 19.4 Å². The van der Waals surface area contributed by atoms with Gasteiger partial charge in [-0.3, -0.25) is 4.79 Å². The highest BCUT2D eigenvalue weighted by Gasteiger charge is 2.26. The molecule has 0 amide bonds. The molecular weight excluding hydrogens is 294 g/mol. The standard InChI is InChI=1S/C18H27NO4/c1-18(2,12-17(20)21)13-5-6-15(22-4)16(11-13)23-14-7-9-19(3)10-8-14/h5-6,11,14H,7-10,12H2,1-4H3,(H,20,21). The predicted octanol–water partition coefficient (Wildman–Crippen LogP) is 2.92. The maximum atomic E-state index is 11.1. The van der Waals surface area contributed by atoms with Gasteiger partial charge in [-0.25, -0.2) is 0 Å². The van der Waals surface area contributed by atoms with Gasteiger partial charge in [-0.15, -0.1) is 0 Å². The van der Waals surface area contributed by atoms with Crippen LogP contribution in [0.3, 0.4) is 0 Å². The number of nitrogens with zero attached hydrogens (tertiary/aromatic N) is 1. The zero-order chi connectivity index (χ0) is 17.0. The molecule has 0 aromatic heterocycles. The number of ether oxygens (including phenoxy) is 2. The van der Waals surface area contributed by atoms with Crippen LogP contribution in [0.2, 0.25) is 0 Å². The third kappa shape index (κ3) is 4.61. The number of carboxylic acids is 1. The summed E-state index contributed by atoms with van der Waals surface area (Å²) in [6, 6.07) is 5.71. The van der Waals surface area contributed by atoms with E-state index in [1.807, 2.05) is 32.0 Å². The Hall–Kier alpha value is -1.75. The van der Waals surface area contributed by atoms with Gasteiger partial charge >= 0.3 is 5.97 Å². The molecule has 2 rings (SSSR count). The van der Waals surface area contributed by atoms with Gasteiger partial charge in [-0.1, -0.05) is 19.9 Å². The summed E-state index contributed by atoms with van der Waals surface area (Å²) in [7, 11) is 3.74. The first-order valence-electron chi connectivity index (χ1n) is 8.07. The molecule has 1 aliphatic heterocycles. The Morgan fingerprint density at radius 1 is 1.30 bits per heavy atom. The molecule has 1 fully saturated rings. The molecule has 0 aliphatic carbocycles. The Bertz CT molecular complexity index is 548. The quantitative estimate of drug-likeness (QED) is 0.873. The highest BCUT2D eigenvalue weighted by molar-refractivity contribution is 5.69. The Balaban J connectivity index is 2.20. The number of benzene rings is 1. The summed E-state index contributed by atoms with van der Waals surface area (Å²) in [5, 5.41) is 9.11. The predicted molar refractivity (Wildman–Crippen MR) is 89.4 cm³/mol. The molecule has 0 atom stereocenters. The monoisotopic (exact) mass is 321 g/mol. The number of piperidine rings is 1. The van der Waals surface area contributed by atoms with Crippen molar-refractivity contribution in [1.82, 2.24) is 4.90 Å². The maximum Gasteiger partial charge on any atom is 0.304 e. The number of carboxylic acid groups (broad SMARTS) is 1. The van der Waals surface area contributed by atoms with Gasteiger partial charge in [0.1, 0.15) is 6.10 Å². The summed E-state index contributed by atoms with van der Waals surface area (Å²) in [4.78, 5) is 13.4. The van der Waals surface area contributed by atoms with Crippen LogP contribution in [-0.2, 0) is 10.2 Å². The zero-order valence-corrected chi connectivity index (χ0v) is 14.5. The van der Waals surface area contributed by atoms with E-state index in [1.165, 1.54) is 0 Å². The molecule has 128 valence electrons. The van der Waals surface area contributed by atoms with Crippen molar-refractivity contribution in [3.05, 3.63) is 23.8 Å². The van der Waals surface area contributed by atoms with Crippen LogP contribution in [0.1, 0.15) is 38.7 Å². The molecule has 23 heavy (non-hydrogen) atoms. The SMILES string of the molecule is COc1ccc(C(C)(C)CC(=O)O)cc1OC1CCN(C)CC1. The van der Waals surface area contributed by atoms with Crippen LogP contribution in [0.15, 0.2) is 18.2 Å². The summed E-state index contributed by atoms with van der Waals surface area (Å²) in [5.74, 6) is 0.598. The van der Waals surface area contributed by atoms with E-state index in [2.05, 4.69) is 11.9 Å². The number of carbonyl (C=O) groups is 1. The van der Waals surface area contributed by atoms with Gasteiger partial charge in [-0.2, -0.15) is 0 Å². The molecule has 0 bridgehead atoms. The third-order valence-corrected chi connectivity index (χ3v) is 4.50. The average molecular weight is 321 g/mol. The summed E-state index contributed by atoms with van der Waals surface area (Å²) >= 11 is 0. The lowest BCUT2D eigenvalue weighted by molar-refractivity contribution is -0.138. The van der Waals surface area contributed by atoms with E-state index in [1.54, 1.807) is 7.11 Å². The lowest BCUT2D eigenvalue weighted by Gasteiger charge is -2.30. The van der Waals surface area contributed by atoms with Gasteiger partial charge < -0.3 is 19.5 Å². The average Bonchev–Trinajstić information content (AvgIpc) is 2.48. The van der Waals surface area contributed by atoms with E-state index in [4.69, 9.17) is 14.6 Å². The van der Waals surface area contributed by atoms with E-state index in [-0.39, 0.29) is 12.5 Å². The number of methoxy groups -OCH3 is 1. The number of hydrogen-bond donors (Lipinski definition) is 1. The zero-order valence-electron chi connectivity index (χ0n) is 14.5. The molecule has 0 spiro atoms. The molecule has 1 saturated heterocycles. The fourth-order valence-corrected chi connectivity index (χ4v) is 2.95. The first kappa shape index (κ1) is 17.6. The second-order valence-corrected chi connectivity index (χ2v) is 6.94. The highest BCUT2D eigenvalue weighted by atomic mass is 16.5. The Morgan fingerprint density at radius 2 is 1.96 bits per heavy atom.